The molecule has 0 bridgehead atoms. The average Bonchev–Trinajstić information content (AvgIpc) is 3.02. The summed E-state index contributed by atoms with van der Waals surface area (Å²) in [6.07, 6.45) is 3.65. The van der Waals surface area contributed by atoms with Gasteiger partial charge in [-0.1, -0.05) is 42.5 Å². The van der Waals surface area contributed by atoms with E-state index >= 15 is 0 Å². The van der Waals surface area contributed by atoms with Crippen LogP contribution >= 0.6 is 0 Å². The van der Waals surface area contributed by atoms with Crippen molar-refractivity contribution in [2.24, 2.45) is 0 Å². The molecule has 0 saturated carbocycles. The molecule has 0 radical (unpaired) electrons. The van der Waals surface area contributed by atoms with Crippen molar-refractivity contribution in [2.45, 2.75) is 38.8 Å². The van der Waals surface area contributed by atoms with E-state index < -0.39 is 0 Å². The number of nitrogens with zero attached hydrogens (tertiary/aromatic N) is 2. The highest BCUT2D eigenvalue weighted by Gasteiger charge is 2.24. The van der Waals surface area contributed by atoms with Crippen molar-refractivity contribution in [1.82, 2.24) is 9.88 Å². The SMILES string of the molecule is Cc1oc(-c2ccccc2)nc1CN(C)[C@H]1CCCc2ccccc21. The van der Waals surface area contributed by atoms with Gasteiger partial charge in [0, 0.05) is 18.2 Å². The largest absolute Gasteiger partial charge is 0.441 e. The maximum absolute atomic E-state index is 5.92. The third-order valence-corrected chi connectivity index (χ3v) is 5.18. The van der Waals surface area contributed by atoms with Gasteiger partial charge in [-0.15, -0.1) is 0 Å². The standard InChI is InChI=1S/C22H24N2O/c1-16-20(23-22(25-16)18-10-4-3-5-11-18)15-24(2)21-14-8-12-17-9-6-7-13-19(17)21/h3-7,9-11,13,21H,8,12,14-15H2,1-2H3/t21-/m0/s1. The Kier molecular flexibility index (Phi) is 4.41. The van der Waals surface area contributed by atoms with E-state index in [-0.39, 0.29) is 0 Å². The number of fused-ring (bicyclic) bond motifs is 1. The van der Waals surface area contributed by atoms with Crippen LogP contribution < -0.4 is 0 Å². The van der Waals surface area contributed by atoms with Gasteiger partial charge in [-0.2, -0.15) is 0 Å². The molecule has 3 aromatic rings. The summed E-state index contributed by atoms with van der Waals surface area (Å²) in [6, 6.07) is 19.4. The predicted octanol–water partition coefficient (Wildman–Crippen LogP) is 5.16. The molecule has 128 valence electrons. The molecule has 0 amide bonds. The van der Waals surface area contributed by atoms with Crippen LogP contribution in [0.4, 0.5) is 0 Å². The third kappa shape index (κ3) is 3.24. The Bertz CT molecular complexity index is 853. The molecule has 1 aliphatic rings. The summed E-state index contributed by atoms with van der Waals surface area (Å²) >= 11 is 0. The number of hydrogen-bond donors (Lipinski definition) is 0. The zero-order valence-electron chi connectivity index (χ0n) is 14.9. The summed E-state index contributed by atoms with van der Waals surface area (Å²) in [6.45, 7) is 2.82. The monoisotopic (exact) mass is 332 g/mol. The van der Waals surface area contributed by atoms with Crippen molar-refractivity contribution < 1.29 is 4.42 Å². The second-order valence-electron chi connectivity index (χ2n) is 6.91. The van der Waals surface area contributed by atoms with Crippen molar-refractivity contribution in [3.05, 3.63) is 77.2 Å². The van der Waals surface area contributed by atoms with Crippen molar-refractivity contribution in [1.29, 1.82) is 0 Å². The first kappa shape index (κ1) is 16.1. The number of oxazole rings is 1. The van der Waals surface area contributed by atoms with Crippen molar-refractivity contribution >= 4 is 0 Å². The quantitative estimate of drug-likeness (QED) is 0.661. The Balaban J connectivity index is 1.56. The fourth-order valence-electron chi connectivity index (χ4n) is 3.81. The summed E-state index contributed by atoms with van der Waals surface area (Å²) in [5.74, 6) is 1.63. The molecule has 1 heterocycles. The Labute approximate surface area is 149 Å². The molecule has 1 aliphatic carbocycles. The predicted molar refractivity (Wildman–Crippen MR) is 100 cm³/mol. The van der Waals surface area contributed by atoms with Crippen LogP contribution in [0, 0.1) is 6.92 Å². The molecule has 4 rings (SSSR count). The highest BCUT2D eigenvalue weighted by Crippen LogP contribution is 2.34. The lowest BCUT2D eigenvalue weighted by molar-refractivity contribution is 0.210. The Morgan fingerprint density at radius 1 is 1.08 bits per heavy atom. The maximum atomic E-state index is 5.92. The Morgan fingerprint density at radius 2 is 1.84 bits per heavy atom. The lowest BCUT2D eigenvalue weighted by atomic mass is 9.87. The summed E-state index contributed by atoms with van der Waals surface area (Å²) in [7, 11) is 2.20. The number of aromatic nitrogens is 1. The molecule has 0 fully saturated rings. The van der Waals surface area contributed by atoms with Gasteiger partial charge in [0.15, 0.2) is 0 Å². The van der Waals surface area contributed by atoms with Gasteiger partial charge in [0.25, 0.3) is 0 Å². The minimum absolute atomic E-state index is 0.459. The van der Waals surface area contributed by atoms with Crippen LogP contribution in [0.2, 0.25) is 0 Å². The van der Waals surface area contributed by atoms with Crippen molar-refractivity contribution in [3.63, 3.8) is 0 Å². The molecule has 0 N–H and O–H groups in total. The molecule has 2 aromatic carbocycles. The van der Waals surface area contributed by atoms with E-state index in [2.05, 4.69) is 36.2 Å². The smallest absolute Gasteiger partial charge is 0.226 e. The van der Waals surface area contributed by atoms with E-state index in [1.165, 1.54) is 30.4 Å². The van der Waals surface area contributed by atoms with Crippen LogP contribution in [-0.2, 0) is 13.0 Å². The molecule has 3 nitrogen and oxygen atoms in total. The molecular weight excluding hydrogens is 308 g/mol. The summed E-state index contributed by atoms with van der Waals surface area (Å²) in [4.78, 5) is 7.18. The van der Waals surface area contributed by atoms with E-state index in [1.54, 1.807) is 0 Å². The highest BCUT2D eigenvalue weighted by atomic mass is 16.4. The second-order valence-corrected chi connectivity index (χ2v) is 6.91. The van der Waals surface area contributed by atoms with Crippen LogP contribution in [0.15, 0.2) is 59.0 Å². The number of aryl methyl sites for hydroxylation is 2. The zero-order chi connectivity index (χ0) is 17.2. The molecule has 1 aromatic heterocycles. The third-order valence-electron chi connectivity index (χ3n) is 5.18. The maximum Gasteiger partial charge on any atom is 0.226 e. The van der Waals surface area contributed by atoms with E-state index in [0.29, 0.717) is 11.9 Å². The van der Waals surface area contributed by atoms with Gasteiger partial charge < -0.3 is 4.42 Å². The Hall–Kier alpha value is -2.39. The van der Waals surface area contributed by atoms with E-state index in [0.717, 1.165) is 23.6 Å². The number of rotatable bonds is 4. The van der Waals surface area contributed by atoms with Crippen LogP contribution in [0.1, 0.15) is 41.5 Å². The molecular formula is C22H24N2O. The minimum atomic E-state index is 0.459. The van der Waals surface area contributed by atoms with Gasteiger partial charge in [-0.25, -0.2) is 4.98 Å². The first-order chi connectivity index (χ1) is 12.2. The van der Waals surface area contributed by atoms with E-state index in [1.807, 2.05) is 37.3 Å². The van der Waals surface area contributed by atoms with E-state index in [9.17, 15) is 0 Å². The summed E-state index contributed by atoms with van der Waals surface area (Å²) in [5, 5.41) is 0. The summed E-state index contributed by atoms with van der Waals surface area (Å²) in [5.41, 5.74) is 5.03. The van der Waals surface area contributed by atoms with Crippen molar-refractivity contribution in [3.8, 4) is 11.5 Å². The normalized spacial score (nSPS) is 16.8. The fraction of sp³-hybridized carbons (Fsp3) is 0.318. The van der Waals surface area contributed by atoms with E-state index in [4.69, 9.17) is 9.40 Å². The van der Waals surface area contributed by atoms with Crippen LogP contribution in [0.25, 0.3) is 11.5 Å². The first-order valence-corrected chi connectivity index (χ1v) is 9.02. The molecule has 0 saturated heterocycles. The minimum Gasteiger partial charge on any atom is -0.441 e. The van der Waals surface area contributed by atoms with Gasteiger partial charge in [0.1, 0.15) is 5.76 Å². The van der Waals surface area contributed by atoms with Gasteiger partial charge in [-0.3, -0.25) is 4.90 Å². The molecule has 25 heavy (non-hydrogen) atoms. The van der Waals surface area contributed by atoms with Gasteiger partial charge >= 0.3 is 0 Å². The van der Waals surface area contributed by atoms with Crippen LogP contribution in [0.3, 0.4) is 0 Å². The van der Waals surface area contributed by atoms with Gasteiger partial charge in [-0.05, 0) is 56.5 Å². The average molecular weight is 332 g/mol. The first-order valence-electron chi connectivity index (χ1n) is 9.02. The van der Waals surface area contributed by atoms with Crippen LogP contribution in [-0.4, -0.2) is 16.9 Å². The number of hydrogen-bond acceptors (Lipinski definition) is 3. The second kappa shape index (κ2) is 6.85. The fourth-order valence-corrected chi connectivity index (χ4v) is 3.81. The highest BCUT2D eigenvalue weighted by molar-refractivity contribution is 5.53. The lowest BCUT2D eigenvalue weighted by Crippen LogP contribution is -2.27. The number of benzene rings is 2. The van der Waals surface area contributed by atoms with Crippen molar-refractivity contribution in [2.75, 3.05) is 7.05 Å². The summed E-state index contributed by atoms with van der Waals surface area (Å²) < 4.78 is 5.92. The van der Waals surface area contributed by atoms with Gasteiger partial charge in [0.05, 0.1) is 5.69 Å². The van der Waals surface area contributed by atoms with Gasteiger partial charge in [0.2, 0.25) is 5.89 Å². The molecule has 0 spiro atoms. The zero-order valence-corrected chi connectivity index (χ0v) is 14.9. The molecule has 3 heteroatoms. The Morgan fingerprint density at radius 3 is 2.68 bits per heavy atom. The topological polar surface area (TPSA) is 29.3 Å². The van der Waals surface area contributed by atoms with Crippen LogP contribution in [0.5, 0.6) is 0 Å². The molecule has 0 unspecified atom stereocenters. The molecule has 0 aliphatic heterocycles. The lowest BCUT2D eigenvalue weighted by Gasteiger charge is -2.33. The molecule has 1 atom stereocenters.